The highest BCUT2D eigenvalue weighted by molar-refractivity contribution is 7.11. The van der Waals surface area contributed by atoms with Crippen LogP contribution in [0.5, 0.6) is 0 Å². The van der Waals surface area contributed by atoms with Gasteiger partial charge in [0.25, 0.3) is 0 Å². The molecule has 2 atom stereocenters. The second-order valence-corrected chi connectivity index (χ2v) is 4.81. The van der Waals surface area contributed by atoms with Gasteiger partial charge in [0.15, 0.2) is 0 Å². The predicted molar refractivity (Wildman–Crippen MR) is 61.2 cm³/mol. The van der Waals surface area contributed by atoms with Gasteiger partial charge in [-0.1, -0.05) is 0 Å². The van der Waals surface area contributed by atoms with Crippen molar-refractivity contribution in [1.29, 1.82) is 0 Å². The van der Waals surface area contributed by atoms with Gasteiger partial charge in [0, 0.05) is 24.7 Å². The second kappa shape index (κ2) is 6.17. The molecule has 0 aliphatic rings. The zero-order valence-corrected chi connectivity index (χ0v) is 10.2. The fourth-order valence-corrected chi connectivity index (χ4v) is 2.02. The first-order chi connectivity index (χ1) is 7.13. The Labute approximate surface area is 94.3 Å². The van der Waals surface area contributed by atoms with Crippen molar-refractivity contribution >= 4 is 11.3 Å². The molecule has 0 aliphatic heterocycles. The lowest BCUT2D eigenvalue weighted by atomic mass is 10.3. The SMILES string of the molecule is COC[C@@H](O)CN[C@@H](C)c1ncc(C)s1. The summed E-state index contributed by atoms with van der Waals surface area (Å²) in [4.78, 5) is 5.49. The number of hydrogen-bond acceptors (Lipinski definition) is 5. The van der Waals surface area contributed by atoms with Crippen molar-refractivity contribution in [3.05, 3.63) is 16.1 Å². The zero-order valence-electron chi connectivity index (χ0n) is 9.36. The first-order valence-electron chi connectivity index (χ1n) is 4.96. The van der Waals surface area contributed by atoms with E-state index >= 15 is 0 Å². The van der Waals surface area contributed by atoms with Gasteiger partial charge in [-0.15, -0.1) is 11.3 Å². The Morgan fingerprint density at radius 3 is 2.93 bits per heavy atom. The van der Waals surface area contributed by atoms with Gasteiger partial charge in [-0.25, -0.2) is 4.98 Å². The number of nitrogens with one attached hydrogen (secondary N) is 1. The third kappa shape index (κ3) is 4.25. The number of thiazole rings is 1. The third-order valence-corrected chi connectivity index (χ3v) is 3.12. The first-order valence-corrected chi connectivity index (χ1v) is 5.78. The number of hydrogen-bond donors (Lipinski definition) is 2. The van der Waals surface area contributed by atoms with Crippen molar-refractivity contribution in [2.24, 2.45) is 0 Å². The van der Waals surface area contributed by atoms with Crippen LogP contribution in [0, 0.1) is 6.92 Å². The molecule has 1 aromatic rings. The minimum atomic E-state index is -0.460. The topological polar surface area (TPSA) is 54.4 Å². The summed E-state index contributed by atoms with van der Waals surface area (Å²) in [6.07, 6.45) is 1.41. The van der Waals surface area contributed by atoms with Crippen molar-refractivity contribution in [3.63, 3.8) is 0 Å². The molecule has 0 aromatic carbocycles. The summed E-state index contributed by atoms with van der Waals surface area (Å²) < 4.78 is 4.84. The molecule has 1 rings (SSSR count). The van der Waals surface area contributed by atoms with E-state index in [0.717, 1.165) is 5.01 Å². The number of aryl methyl sites for hydroxylation is 1. The largest absolute Gasteiger partial charge is 0.389 e. The molecule has 0 fully saturated rings. The monoisotopic (exact) mass is 230 g/mol. The van der Waals surface area contributed by atoms with Crippen molar-refractivity contribution in [2.45, 2.75) is 26.0 Å². The van der Waals surface area contributed by atoms with Crippen LogP contribution >= 0.6 is 11.3 Å². The lowest BCUT2D eigenvalue weighted by Crippen LogP contribution is -2.31. The molecule has 0 saturated carbocycles. The van der Waals surface area contributed by atoms with E-state index in [1.54, 1.807) is 18.4 Å². The summed E-state index contributed by atoms with van der Waals surface area (Å²) in [5.74, 6) is 0. The van der Waals surface area contributed by atoms with E-state index in [-0.39, 0.29) is 6.04 Å². The fraction of sp³-hybridized carbons (Fsp3) is 0.700. The normalized spacial score (nSPS) is 15.2. The lowest BCUT2D eigenvalue weighted by molar-refractivity contribution is 0.0630. The first kappa shape index (κ1) is 12.6. The van der Waals surface area contributed by atoms with Gasteiger partial charge < -0.3 is 15.2 Å². The Bertz CT molecular complexity index is 291. The summed E-state index contributed by atoms with van der Waals surface area (Å²) >= 11 is 1.67. The number of rotatable bonds is 6. The highest BCUT2D eigenvalue weighted by Crippen LogP contribution is 2.18. The van der Waals surface area contributed by atoms with Crippen LogP contribution in [0.4, 0.5) is 0 Å². The molecule has 0 radical (unpaired) electrons. The van der Waals surface area contributed by atoms with Gasteiger partial charge in [-0.05, 0) is 13.8 Å². The lowest BCUT2D eigenvalue weighted by Gasteiger charge is -2.14. The van der Waals surface area contributed by atoms with Gasteiger partial charge in [0.2, 0.25) is 0 Å². The van der Waals surface area contributed by atoms with Crippen molar-refractivity contribution in [3.8, 4) is 0 Å². The summed E-state index contributed by atoms with van der Waals surface area (Å²) in [7, 11) is 1.58. The highest BCUT2D eigenvalue weighted by atomic mass is 32.1. The van der Waals surface area contributed by atoms with Crippen molar-refractivity contribution in [2.75, 3.05) is 20.3 Å². The van der Waals surface area contributed by atoms with E-state index in [1.807, 2.05) is 20.0 Å². The quantitative estimate of drug-likeness (QED) is 0.768. The maximum absolute atomic E-state index is 9.45. The summed E-state index contributed by atoms with van der Waals surface area (Å²) in [6, 6.07) is 0.176. The molecule has 0 aliphatic carbocycles. The molecule has 0 amide bonds. The second-order valence-electron chi connectivity index (χ2n) is 3.55. The third-order valence-electron chi connectivity index (χ3n) is 2.03. The Morgan fingerprint density at radius 2 is 2.40 bits per heavy atom. The summed E-state index contributed by atoms with van der Waals surface area (Å²) in [5, 5.41) is 13.7. The van der Waals surface area contributed by atoms with Crippen LogP contribution in [0.1, 0.15) is 22.9 Å². The molecule has 1 heterocycles. The van der Waals surface area contributed by atoms with Crippen LogP contribution in [0.3, 0.4) is 0 Å². The van der Waals surface area contributed by atoms with Gasteiger partial charge in [0.1, 0.15) is 5.01 Å². The van der Waals surface area contributed by atoms with Gasteiger partial charge in [-0.2, -0.15) is 0 Å². The molecule has 1 aromatic heterocycles. The van der Waals surface area contributed by atoms with Crippen LogP contribution in [0.15, 0.2) is 6.20 Å². The number of aliphatic hydroxyl groups is 1. The Balaban J connectivity index is 2.33. The van der Waals surface area contributed by atoms with Crippen LogP contribution in [-0.2, 0) is 4.74 Å². The van der Waals surface area contributed by atoms with Gasteiger partial charge in [0.05, 0.1) is 18.8 Å². The number of nitrogens with zero attached hydrogens (tertiary/aromatic N) is 1. The smallest absolute Gasteiger partial charge is 0.109 e. The molecule has 15 heavy (non-hydrogen) atoms. The van der Waals surface area contributed by atoms with Gasteiger partial charge in [-0.3, -0.25) is 0 Å². The van der Waals surface area contributed by atoms with E-state index in [9.17, 15) is 5.11 Å². The maximum atomic E-state index is 9.45. The minimum Gasteiger partial charge on any atom is -0.389 e. The molecular weight excluding hydrogens is 212 g/mol. The molecular formula is C10H18N2O2S. The predicted octanol–water partition coefficient (Wildman–Crippen LogP) is 1.11. The number of aromatic nitrogens is 1. The molecule has 0 bridgehead atoms. The van der Waals surface area contributed by atoms with Crippen LogP contribution < -0.4 is 5.32 Å². The van der Waals surface area contributed by atoms with E-state index < -0.39 is 6.10 Å². The molecule has 0 unspecified atom stereocenters. The Hall–Kier alpha value is -0.490. The van der Waals surface area contributed by atoms with Gasteiger partial charge >= 0.3 is 0 Å². The van der Waals surface area contributed by atoms with Crippen LogP contribution in [-0.4, -0.2) is 36.5 Å². The van der Waals surface area contributed by atoms with Crippen LogP contribution in [0.2, 0.25) is 0 Å². The van der Waals surface area contributed by atoms with E-state index in [0.29, 0.717) is 13.2 Å². The standard InChI is InChI=1S/C10H18N2O2S/c1-7-4-12-10(15-7)8(2)11-5-9(13)6-14-3/h4,8-9,11,13H,5-6H2,1-3H3/t8-,9-/m0/s1. The minimum absolute atomic E-state index is 0.176. The maximum Gasteiger partial charge on any atom is 0.109 e. The van der Waals surface area contributed by atoms with E-state index in [2.05, 4.69) is 10.3 Å². The summed E-state index contributed by atoms with van der Waals surface area (Å²) in [5.41, 5.74) is 0. The molecule has 86 valence electrons. The average Bonchev–Trinajstić information content (AvgIpc) is 2.62. The zero-order chi connectivity index (χ0) is 11.3. The molecule has 0 spiro atoms. The Kier molecular flexibility index (Phi) is 5.17. The molecule has 0 saturated heterocycles. The van der Waals surface area contributed by atoms with E-state index in [4.69, 9.17) is 4.74 Å². The van der Waals surface area contributed by atoms with Crippen molar-refractivity contribution < 1.29 is 9.84 Å². The fourth-order valence-electron chi connectivity index (χ4n) is 1.22. The van der Waals surface area contributed by atoms with Crippen molar-refractivity contribution in [1.82, 2.24) is 10.3 Å². The highest BCUT2D eigenvalue weighted by Gasteiger charge is 2.10. The number of ether oxygens (including phenoxy) is 1. The molecule has 2 N–H and O–H groups in total. The molecule has 4 nitrogen and oxygen atoms in total. The number of aliphatic hydroxyl groups excluding tert-OH is 1. The Morgan fingerprint density at radius 1 is 1.67 bits per heavy atom. The summed E-state index contributed by atoms with van der Waals surface area (Å²) in [6.45, 7) is 4.95. The average molecular weight is 230 g/mol. The van der Waals surface area contributed by atoms with Crippen LogP contribution in [0.25, 0.3) is 0 Å². The van der Waals surface area contributed by atoms with E-state index in [1.165, 1.54) is 4.88 Å². The number of methoxy groups -OCH3 is 1. The molecule has 5 heteroatoms.